The summed E-state index contributed by atoms with van der Waals surface area (Å²) in [6, 6.07) is 1.80. The number of halogens is 2. The van der Waals surface area contributed by atoms with E-state index in [2.05, 4.69) is 5.32 Å². The molecular formula is C10H7F2NO. The summed E-state index contributed by atoms with van der Waals surface area (Å²) < 4.78 is 26.1. The zero-order chi connectivity index (χ0) is 10.7. The summed E-state index contributed by atoms with van der Waals surface area (Å²) >= 11 is 0. The molecule has 0 spiro atoms. The largest absolute Gasteiger partial charge is 0.355 e. The van der Waals surface area contributed by atoms with Gasteiger partial charge in [-0.1, -0.05) is 5.92 Å². The highest BCUT2D eigenvalue weighted by atomic mass is 19.1. The Hall–Kier alpha value is -1.89. The van der Waals surface area contributed by atoms with Crippen molar-refractivity contribution >= 4 is 5.91 Å². The number of nitrogens with one attached hydrogen (secondary N) is 1. The van der Waals surface area contributed by atoms with Crippen molar-refractivity contribution in [2.45, 2.75) is 0 Å². The van der Waals surface area contributed by atoms with Gasteiger partial charge in [-0.15, -0.1) is 6.42 Å². The molecule has 0 aliphatic carbocycles. The Bertz CT molecular complexity index is 398. The van der Waals surface area contributed by atoms with Crippen LogP contribution < -0.4 is 5.32 Å². The average Bonchev–Trinajstić information content (AvgIpc) is 2.16. The first-order valence-electron chi connectivity index (χ1n) is 3.78. The number of carbonyl (C=O) groups is 1. The van der Waals surface area contributed by atoms with Gasteiger partial charge < -0.3 is 5.32 Å². The first-order valence-corrected chi connectivity index (χ1v) is 3.78. The van der Waals surface area contributed by atoms with E-state index < -0.39 is 23.1 Å². The van der Waals surface area contributed by atoms with E-state index in [0.717, 1.165) is 12.1 Å². The van der Waals surface area contributed by atoms with Gasteiger partial charge in [0.2, 0.25) is 0 Å². The highest BCUT2D eigenvalue weighted by molar-refractivity contribution is 5.94. The van der Waals surface area contributed by atoms with Gasteiger partial charge in [0, 0.05) is 12.6 Å². The van der Waals surface area contributed by atoms with Crippen molar-refractivity contribution < 1.29 is 13.6 Å². The summed E-state index contributed by atoms with van der Waals surface area (Å²) in [7, 11) is 1.37. The van der Waals surface area contributed by atoms with E-state index in [1.54, 1.807) is 0 Å². The van der Waals surface area contributed by atoms with Crippen LogP contribution in [0.3, 0.4) is 0 Å². The molecule has 0 aromatic heterocycles. The van der Waals surface area contributed by atoms with Gasteiger partial charge in [0.15, 0.2) is 0 Å². The maximum Gasteiger partial charge on any atom is 0.251 e. The van der Waals surface area contributed by atoms with Crippen molar-refractivity contribution in [3.8, 4) is 12.3 Å². The first-order chi connectivity index (χ1) is 6.60. The highest BCUT2D eigenvalue weighted by Crippen LogP contribution is 2.14. The van der Waals surface area contributed by atoms with Crippen LogP contribution in [-0.2, 0) is 0 Å². The smallest absolute Gasteiger partial charge is 0.251 e. The van der Waals surface area contributed by atoms with Crippen molar-refractivity contribution in [1.82, 2.24) is 5.32 Å². The maximum atomic E-state index is 13.0. The molecule has 1 amide bonds. The number of hydrogen-bond acceptors (Lipinski definition) is 1. The van der Waals surface area contributed by atoms with Gasteiger partial charge >= 0.3 is 0 Å². The van der Waals surface area contributed by atoms with Crippen LogP contribution in [0.25, 0.3) is 0 Å². The van der Waals surface area contributed by atoms with E-state index in [1.165, 1.54) is 7.05 Å². The molecule has 2 nitrogen and oxygen atoms in total. The zero-order valence-corrected chi connectivity index (χ0v) is 7.40. The van der Waals surface area contributed by atoms with Crippen molar-refractivity contribution in [2.24, 2.45) is 0 Å². The SMILES string of the molecule is C#Cc1c(F)cc(C(=O)NC)cc1F. The lowest BCUT2D eigenvalue weighted by Crippen LogP contribution is -2.18. The summed E-state index contributed by atoms with van der Waals surface area (Å²) in [5, 5.41) is 2.25. The summed E-state index contributed by atoms with van der Waals surface area (Å²) in [5.41, 5.74) is -0.556. The minimum absolute atomic E-state index is 0.0958. The van der Waals surface area contributed by atoms with E-state index in [0.29, 0.717) is 0 Å². The Kier molecular flexibility index (Phi) is 2.82. The number of terminal acetylenes is 1. The number of carbonyl (C=O) groups excluding carboxylic acids is 1. The lowest BCUT2D eigenvalue weighted by Gasteiger charge is -2.02. The van der Waals surface area contributed by atoms with E-state index >= 15 is 0 Å². The van der Waals surface area contributed by atoms with Crippen LogP contribution in [0.4, 0.5) is 8.78 Å². The van der Waals surface area contributed by atoms with Gasteiger partial charge in [-0.25, -0.2) is 8.78 Å². The average molecular weight is 195 g/mol. The molecule has 0 radical (unpaired) electrons. The fourth-order valence-corrected chi connectivity index (χ4v) is 0.986. The van der Waals surface area contributed by atoms with Crippen LogP contribution in [0.15, 0.2) is 12.1 Å². The quantitative estimate of drug-likeness (QED) is 0.672. The minimum atomic E-state index is -0.911. The number of rotatable bonds is 1. The Morgan fingerprint density at radius 3 is 2.29 bits per heavy atom. The van der Waals surface area contributed by atoms with Crippen LogP contribution in [0.5, 0.6) is 0 Å². The second-order valence-electron chi connectivity index (χ2n) is 2.54. The molecule has 4 heteroatoms. The van der Waals surface area contributed by atoms with Gasteiger partial charge in [0.05, 0.1) is 5.56 Å². The molecule has 72 valence electrons. The van der Waals surface area contributed by atoms with Crippen LogP contribution >= 0.6 is 0 Å². The highest BCUT2D eigenvalue weighted by Gasteiger charge is 2.12. The minimum Gasteiger partial charge on any atom is -0.355 e. The van der Waals surface area contributed by atoms with E-state index in [-0.39, 0.29) is 5.56 Å². The molecule has 0 aliphatic rings. The molecule has 1 aromatic rings. The number of hydrogen-bond donors (Lipinski definition) is 1. The van der Waals surface area contributed by atoms with Crippen LogP contribution in [-0.4, -0.2) is 13.0 Å². The molecule has 1 N–H and O–H groups in total. The lowest BCUT2D eigenvalue weighted by molar-refractivity contribution is 0.0962. The van der Waals surface area contributed by atoms with E-state index in [9.17, 15) is 13.6 Å². The fourth-order valence-electron chi connectivity index (χ4n) is 0.986. The Morgan fingerprint density at radius 1 is 1.43 bits per heavy atom. The van der Waals surface area contributed by atoms with Gasteiger partial charge in [-0.2, -0.15) is 0 Å². The third kappa shape index (κ3) is 1.72. The van der Waals surface area contributed by atoms with Crippen LogP contribution in [0, 0.1) is 24.0 Å². The molecule has 14 heavy (non-hydrogen) atoms. The Morgan fingerprint density at radius 2 is 1.93 bits per heavy atom. The number of benzene rings is 1. The normalized spacial score (nSPS) is 9.29. The molecule has 0 atom stereocenters. The Labute approximate surface area is 79.9 Å². The lowest BCUT2D eigenvalue weighted by atomic mass is 10.1. The molecule has 0 bridgehead atoms. The molecule has 1 aromatic carbocycles. The van der Waals surface area contributed by atoms with Crippen molar-refractivity contribution in [3.63, 3.8) is 0 Å². The predicted octanol–water partition coefficient (Wildman–Crippen LogP) is 1.31. The molecule has 1 rings (SSSR count). The van der Waals surface area contributed by atoms with Crippen molar-refractivity contribution in [2.75, 3.05) is 7.05 Å². The Balaban J connectivity index is 3.29. The van der Waals surface area contributed by atoms with Crippen molar-refractivity contribution in [3.05, 3.63) is 34.9 Å². The van der Waals surface area contributed by atoms with E-state index in [1.807, 2.05) is 5.92 Å². The molecular weight excluding hydrogens is 188 g/mol. The van der Waals surface area contributed by atoms with Crippen molar-refractivity contribution in [1.29, 1.82) is 0 Å². The third-order valence-corrected chi connectivity index (χ3v) is 1.68. The third-order valence-electron chi connectivity index (χ3n) is 1.68. The standard InChI is InChI=1S/C10H7F2NO/c1-3-7-8(11)4-6(5-9(7)12)10(14)13-2/h1,4-5H,2H3,(H,13,14). The van der Waals surface area contributed by atoms with Crippen LogP contribution in [0.1, 0.15) is 15.9 Å². The summed E-state index contributed by atoms with van der Waals surface area (Å²) in [4.78, 5) is 11.0. The topological polar surface area (TPSA) is 29.1 Å². The molecule has 0 unspecified atom stereocenters. The van der Waals surface area contributed by atoms with Crippen LogP contribution in [0.2, 0.25) is 0 Å². The molecule has 0 saturated heterocycles. The van der Waals surface area contributed by atoms with Gasteiger partial charge in [0.1, 0.15) is 11.6 Å². The summed E-state index contributed by atoms with van der Waals surface area (Å²) in [6.45, 7) is 0. The predicted molar refractivity (Wildman–Crippen MR) is 47.7 cm³/mol. The molecule has 0 aliphatic heterocycles. The first kappa shape index (κ1) is 10.2. The number of amides is 1. The molecule has 0 fully saturated rings. The maximum absolute atomic E-state index is 13.0. The van der Waals surface area contributed by atoms with Gasteiger partial charge in [-0.05, 0) is 12.1 Å². The fraction of sp³-hybridized carbons (Fsp3) is 0.100. The monoisotopic (exact) mass is 195 g/mol. The summed E-state index contributed by atoms with van der Waals surface area (Å²) in [6.07, 6.45) is 4.88. The van der Waals surface area contributed by atoms with Gasteiger partial charge in [-0.3, -0.25) is 4.79 Å². The van der Waals surface area contributed by atoms with E-state index in [4.69, 9.17) is 6.42 Å². The van der Waals surface area contributed by atoms with Gasteiger partial charge in [0.25, 0.3) is 5.91 Å². The molecule has 0 saturated carbocycles. The second-order valence-corrected chi connectivity index (χ2v) is 2.54. The zero-order valence-electron chi connectivity index (χ0n) is 7.40. The molecule has 0 heterocycles. The second kappa shape index (κ2) is 3.88. The summed E-state index contributed by atoms with van der Waals surface area (Å²) in [5.74, 6) is -0.520.